The smallest absolute Gasteiger partial charge is 0.242 e. The van der Waals surface area contributed by atoms with Crippen molar-refractivity contribution in [3.05, 3.63) is 34.5 Å². The zero-order valence-corrected chi connectivity index (χ0v) is 19.0. The van der Waals surface area contributed by atoms with E-state index in [1.165, 1.54) is 23.3 Å². The molecule has 1 amide bonds. The van der Waals surface area contributed by atoms with Gasteiger partial charge in [0.1, 0.15) is 0 Å². The second-order valence-corrected chi connectivity index (χ2v) is 7.40. The number of amides is 1. The molecule has 7 heteroatoms. The minimum absolute atomic E-state index is 0. The Hall–Kier alpha value is -1.09. The Labute approximate surface area is 178 Å². The number of hydrogen-bond donors (Lipinski definition) is 1. The average molecular weight is 490 g/mol. The number of unbranched alkanes of at least 4 members (excludes halogenated alkanes) is 3. The van der Waals surface area contributed by atoms with Crippen LogP contribution in [0.25, 0.3) is 0 Å². The summed E-state index contributed by atoms with van der Waals surface area (Å²) in [5.74, 6) is 0.919. The number of aliphatic imine (C=N–C) groups is 1. The number of nitrogens with zero attached hydrogens (tertiary/aromatic N) is 3. The molecule has 0 saturated heterocycles. The van der Waals surface area contributed by atoms with Crippen LogP contribution < -0.4 is 5.32 Å². The molecule has 0 atom stereocenters. The number of thiophene rings is 1. The van der Waals surface area contributed by atoms with Crippen molar-refractivity contribution in [2.75, 3.05) is 33.7 Å². The third kappa shape index (κ3) is 6.90. The molecule has 1 aromatic heterocycles. The minimum atomic E-state index is 0. The van der Waals surface area contributed by atoms with Crippen LogP contribution in [0.3, 0.4) is 0 Å². The van der Waals surface area contributed by atoms with E-state index < -0.39 is 0 Å². The first-order chi connectivity index (χ1) is 12.2. The van der Waals surface area contributed by atoms with Crippen molar-refractivity contribution in [3.63, 3.8) is 0 Å². The minimum Gasteiger partial charge on any atom is -0.347 e. The van der Waals surface area contributed by atoms with Crippen molar-refractivity contribution in [1.29, 1.82) is 0 Å². The molecule has 0 aromatic carbocycles. The Bertz CT molecular complexity index is 602. The Morgan fingerprint density at radius 2 is 2.27 bits per heavy atom. The van der Waals surface area contributed by atoms with Gasteiger partial charge in [-0.2, -0.15) is 0 Å². The van der Waals surface area contributed by atoms with E-state index in [1.54, 1.807) is 18.4 Å². The molecule has 1 aliphatic heterocycles. The standard InChI is InChI=1S/C19H30N4OS.HI/c1-4-5-6-7-8-11-22(3)19(20-2)21-14-18(24)23-12-9-17-16(15-23)10-13-25-17;/h4,10,13H,1,5-9,11-12,14-15H2,2-3H3,(H,20,21);1H. The fourth-order valence-corrected chi connectivity index (χ4v) is 3.92. The lowest BCUT2D eigenvalue weighted by Crippen LogP contribution is -2.46. The summed E-state index contributed by atoms with van der Waals surface area (Å²) in [5, 5.41) is 5.32. The molecule has 0 saturated carbocycles. The van der Waals surface area contributed by atoms with Gasteiger partial charge < -0.3 is 15.1 Å². The summed E-state index contributed by atoms with van der Waals surface area (Å²) in [7, 11) is 3.78. The highest BCUT2D eigenvalue weighted by Crippen LogP contribution is 2.23. The first-order valence-corrected chi connectivity index (χ1v) is 9.89. The van der Waals surface area contributed by atoms with Crippen LogP contribution in [-0.4, -0.2) is 55.4 Å². The Balaban J connectivity index is 0.00000338. The molecule has 0 fully saturated rings. The van der Waals surface area contributed by atoms with Crippen LogP contribution in [0.4, 0.5) is 0 Å². The lowest BCUT2D eigenvalue weighted by atomic mass is 10.1. The van der Waals surface area contributed by atoms with Gasteiger partial charge in [-0.1, -0.05) is 12.5 Å². The highest BCUT2D eigenvalue weighted by atomic mass is 127. The molecule has 0 aliphatic carbocycles. The maximum atomic E-state index is 12.5. The summed E-state index contributed by atoms with van der Waals surface area (Å²) < 4.78 is 0. The maximum Gasteiger partial charge on any atom is 0.242 e. The van der Waals surface area contributed by atoms with Crippen molar-refractivity contribution in [2.24, 2.45) is 4.99 Å². The fraction of sp³-hybridized carbons (Fsp3) is 0.579. The van der Waals surface area contributed by atoms with Crippen molar-refractivity contribution in [1.82, 2.24) is 15.1 Å². The van der Waals surface area contributed by atoms with Gasteiger partial charge >= 0.3 is 0 Å². The molecular weight excluding hydrogens is 459 g/mol. The first kappa shape index (κ1) is 23.0. The van der Waals surface area contributed by atoms with Crippen LogP contribution in [0.5, 0.6) is 0 Å². The molecule has 0 bridgehead atoms. The molecule has 26 heavy (non-hydrogen) atoms. The molecule has 5 nitrogen and oxygen atoms in total. The summed E-state index contributed by atoms with van der Waals surface area (Å²) in [6, 6.07) is 2.13. The van der Waals surface area contributed by atoms with Crippen molar-refractivity contribution in [3.8, 4) is 0 Å². The van der Waals surface area contributed by atoms with E-state index >= 15 is 0 Å². The van der Waals surface area contributed by atoms with Gasteiger partial charge in [0.15, 0.2) is 5.96 Å². The lowest BCUT2D eigenvalue weighted by molar-refractivity contribution is -0.130. The number of carbonyl (C=O) groups is 1. The second kappa shape index (κ2) is 12.3. The quantitative estimate of drug-likeness (QED) is 0.200. The summed E-state index contributed by atoms with van der Waals surface area (Å²) in [5.41, 5.74) is 1.30. The molecule has 146 valence electrons. The third-order valence-electron chi connectivity index (χ3n) is 4.53. The monoisotopic (exact) mass is 490 g/mol. The summed E-state index contributed by atoms with van der Waals surface area (Å²) in [4.78, 5) is 22.2. The van der Waals surface area contributed by atoms with Crippen molar-refractivity contribution >= 4 is 47.2 Å². The van der Waals surface area contributed by atoms with Gasteiger partial charge in [-0.3, -0.25) is 9.79 Å². The zero-order valence-electron chi connectivity index (χ0n) is 15.9. The maximum absolute atomic E-state index is 12.5. The lowest BCUT2D eigenvalue weighted by Gasteiger charge is -2.28. The molecule has 2 rings (SSSR count). The predicted molar refractivity (Wildman–Crippen MR) is 122 cm³/mol. The highest BCUT2D eigenvalue weighted by Gasteiger charge is 2.21. The van der Waals surface area contributed by atoms with Gasteiger partial charge in [0, 0.05) is 38.6 Å². The summed E-state index contributed by atoms with van der Waals surface area (Å²) >= 11 is 1.79. The van der Waals surface area contributed by atoms with E-state index in [2.05, 4.69) is 33.2 Å². The summed E-state index contributed by atoms with van der Waals surface area (Å²) in [6.07, 6.45) is 7.50. The van der Waals surface area contributed by atoms with Crippen LogP contribution in [-0.2, 0) is 17.8 Å². The van der Waals surface area contributed by atoms with Gasteiger partial charge in [0.25, 0.3) is 0 Å². The van der Waals surface area contributed by atoms with Crippen LogP contribution >= 0.6 is 35.3 Å². The Kier molecular flexibility index (Phi) is 10.9. The molecule has 1 N–H and O–H groups in total. The molecule has 2 heterocycles. The van der Waals surface area contributed by atoms with Crippen LogP contribution in [0.2, 0.25) is 0 Å². The number of carbonyl (C=O) groups excluding carboxylic acids is 1. The van der Waals surface area contributed by atoms with E-state index in [-0.39, 0.29) is 29.9 Å². The van der Waals surface area contributed by atoms with Crippen molar-refractivity contribution < 1.29 is 4.79 Å². The number of fused-ring (bicyclic) bond motifs is 1. The molecule has 0 radical (unpaired) electrons. The average Bonchev–Trinajstić information content (AvgIpc) is 3.09. The van der Waals surface area contributed by atoms with E-state index in [9.17, 15) is 4.79 Å². The van der Waals surface area contributed by atoms with Gasteiger partial charge in [-0.25, -0.2) is 0 Å². The number of guanidine groups is 1. The largest absolute Gasteiger partial charge is 0.347 e. The fourth-order valence-electron chi connectivity index (χ4n) is 3.03. The summed E-state index contributed by atoms with van der Waals surface area (Å²) in [6.45, 7) is 6.53. The zero-order chi connectivity index (χ0) is 18.1. The molecule has 1 aliphatic rings. The number of rotatable bonds is 8. The molecule has 0 spiro atoms. The highest BCUT2D eigenvalue weighted by molar-refractivity contribution is 14.0. The topological polar surface area (TPSA) is 47.9 Å². The number of allylic oxidation sites excluding steroid dienone is 1. The van der Waals surface area contributed by atoms with Crippen LogP contribution in [0, 0.1) is 0 Å². The van der Waals surface area contributed by atoms with E-state index in [4.69, 9.17) is 0 Å². The number of nitrogens with one attached hydrogen (secondary N) is 1. The SMILES string of the molecule is C=CCCCCCN(C)C(=NC)NCC(=O)N1CCc2sccc2C1.I. The van der Waals surface area contributed by atoms with Crippen LogP contribution in [0.1, 0.15) is 36.1 Å². The van der Waals surface area contributed by atoms with Crippen LogP contribution in [0.15, 0.2) is 29.1 Å². The normalized spacial score (nSPS) is 13.6. The van der Waals surface area contributed by atoms with Gasteiger partial charge in [0.2, 0.25) is 5.91 Å². The van der Waals surface area contributed by atoms with Gasteiger partial charge in [-0.15, -0.1) is 41.9 Å². The van der Waals surface area contributed by atoms with E-state index in [0.717, 1.165) is 44.9 Å². The first-order valence-electron chi connectivity index (χ1n) is 9.01. The third-order valence-corrected chi connectivity index (χ3v) is 5.56. The number of hydrogen-bond acceptors (Lipinski definition) is 3. The van der Waals surface area contributed by atoms with Gasteiger partial charge in [-0.05, 0) is 42.7 Å². The molecule has 1 aromatic rings. The Morgan fingerprint density at radius 1 is 1.46 bits per heavy atom. The van der Waals surface area contributed by atoms with Crippen molar-refractivity contribution in [2.45, 2.75) is 38.6 Å². The second-order valence-electron chi connectivity index (χ2n) is 6.39. The molecule has 0 unspecified atom stereocenters. The van der Waals surface area contributed by atoms with E-state index in [0.29, 0.717) is 6.54 Å². The van der Waals surface area contributed by atoms with Gasteiger partial charge in [0.05, 0.1) is 6.54 Å². The van der Waals surface area contributed by atoms with E-state index in [1.807, 2.05) is 18.0 Å². The molecular formula is C19H31IN4OS. The number of halogens is 1. The Morgan fingerprint density at radius 3 is 3.00 bits per heavy atom. The predicted octanol–water partition coefficient (Wildman–Crippen LogP) is 3.50.